The van der Waals surface area contributed by atoms with Gasteiger partial charge in [0.05, 0.1) is 37.8 Å². The summed E-state index contributed by atoms with van der Waals surface area (Å²) in [5.74, 6) is 1.05. The smallest absolute Gasteiger partial charge is 0.269 e. The molecule has 0 N–H and O–H groups in total. The second kappa shape index (κ2) is 7.86. The third kappa shape index (κ3) is 4.05. The van der Waals surface area contributed by atoms with Crippen LogP contribution in [-0.4, -0.2) is 42.3 Å². The third-order valence-corrected chi connectivity index (χ3v) is 4.30. The highest BCUT2D eigenvalue weighted by Crippen LogP contribution is 2.28. The summed E-state index contributed by atoms with van der Waals surface area (Å²) in [6, 6.07) is 11.5. The fourth-order valence-electron chi connectivity index (χ4n) is 2.87. The van der Waals surface area contributed by atoms with Crippen LogP contribution >= 0.6 is 0 Å². The van der Waals surface area contributed by atoms with Gasteiger partial charge in [0.15, 0.2) is 11.5 Å². The minimum atomic E-state index is -0.445. The van der Waals surface area contributed by atoms with Crippen molar-refractivity contribution in [1.29, 1.82) is 0 Å². The Morgan fingerprint density at radius 3 is 2.48 bits per heavy atom. The molecule has 0 radical (unpaired) electrons. The van der Waals surface area contributed by atoms with E-state index in [1.807, 2.05) is 6.07 Å². The van der Waals surface area contributed by atoms with Crippen LogP contribution in [0.5, 0.6) is 11.5 Å². The van der Waals surface area contributed by atoms with E-state index in [0.29, 0.717) is 24.5 Å². The van der Waals surface area contributed by atoms with Crippen LogP contribution in [0.2, 0.25) is 0 Å². The Morgan fingerprint density at radius 1 is 1.15 bits per heavy atom. The number of nitrogens with zero attached hydrogens (tertiary/aromatic N) is 3. The Hall–Kier alpha value is -3.42. The van der Waals surface area contributed by atoms with Gasteiger partial charge in [0, 0.05) is 18.6 Å². The number of hydrogen-bond donors (Lipinski definition) is 0. The predicted molar refractivity (Wildman–Crippen MR) is 99.2 cm³/mol. The van der Waals surface area contributed by atoms with Gasteiger partial charge < -0.3 is 9.47 Å². The molecule has 0 aromatic heterocycles. The molecule has 0 aliphatic carbocycles. The van der Waals surface area contributed by atoms with Crippen molar-refractivity contribution in [3.05, 3.63) is 63.7 Å². The van der Waals surface area contributed by atoms with Gasteiger partial charge in [-0.3, -0.25) is 14.9 Å². The monoisotopic (exact) mass is 369 g/mol. The minimum absolute atomic E-state index is 0.0266. The molecule has 0 unspecified atom stereocenters. The van der Waals surface area contributed by atoms with Crippen molar-refractivity contribution in [2.75, 3.05) is 20.8 Å². The zero-order chi connectivity index (χ0) is 19.4. The van der Waals surface area contributed by atoms with Crippen molar-refractivity contribution in [2.45, 2.75) is 12.8 Å². The molecular weight excluding hydrogens is 350 g/mol. The number of methoxy groups -OCH3 is 2. The normalized spacial score (nSPS) is 13.3. The minimum Gasteiger partial charge on any atom is -0.493 e. The molecule has 27 heavy (non-hydrogen) atoms. The molecule has 0 saturated carbocycles. The molecule has 1 heterocycles. The molecule has 140 valence electrons. The van der Waals surface area contributed by atoms with Crippen LogP contribution in [0, 0.1) is 10.1 Å². The highest BCUT2D eigenvalue weighted by Gasteiger charge is 2.22. The van der Waals surface area contributed by atoms with Gasteiger partial charge in [0.2, 0.25) is 5.91 Å². The molecule has 8 heteroatoms. The van der Waals surface area contributed by atoms with E-state index in [2.05, 4.69) is 5.10 Å². The molecule has 0 saturated heterocycles. The van der Waals surface area contributed by atoms with Crippen LogP contribution in [0.3, 0.4) is 0 Å². The van der Waals surface area contributed by atoms with Crippen molar-refractivity contribution in [3.8, 4) is 11.5 Å². The lowest BCUT2D eigenvalue weighted by Gasteiger charge is -2.13. The number of nitro groups is 1. The number of benzene rings is 2. The van der Waals surface area contributed by atoms with Gasteiger partial charge in [0.25, 0.3) is 5.69 Å². The average Bonchev–Trinajstić information content (AvgIpc) is 3.18. The molecule has 2 aromatic carbocycles. The van der Waals surface area contributed by atoms with E-state index in [1.54, 1.807) is 38.5 Å². The summed E-state index contributed by atoms with van der Waals surface area (Å²) in [6.45, 7) is 0.485. The first-order valence-electron chi connectivity index (χ1n) is 8.35. The number of rotatable bonds is 6. The van der Waals surface area contributed by atoms with E-state index >= 15 is 0 Å². The molecule has 2 aromatic rings. The number of carbonyl (C=O) groups is 1. The number of hydrazone groups is 1. The maximum absolute atomic E-state index is 12.5. The summed E-state index contributed by atoms with van der Waals surface area (Å²) in [7, 11) is 3.10. The van der Waals surface area contributed by atoms with Crippen LogP contribution in [0.1, 0.15) is 17.5 Å². The lowest BCUT2D eigenvalue weighted by atomic mass is 10.1. The molecule has 0 spiro atoms. The van der Waals surface area contributed by atoms with E-state index in [4.69, 9.17) is 9.47 Å². The summed E-state index contributed by atoms with van der Waals surface area (Å²) >= 11 is 0. The Labute approximate surface area is 156 Å². The van der Waals surface area contributed by atoms with Gasteiger partial charge >= 0.3 is 0 Å². The highest BCUT2D eigenvalue weighted by molar-refractivity contribution is 6.02. The van der Waals surface area contributed by atoms with Crippen LogP contribution in [0.15, 0.2) is 47.6 Å². The average molecular weight is 369 g/mol. The largest absolute Gasteiger partial charge is 0.493 e. The number of carbonyl (C=O) groups excluding carboxylic acids is 1. The van der Waals surface area contributed by atoms with Crippen molar-refractivity contribution in [1.82, 2.24) is 5.01 Å². The van der Waals surface area contributed by atoms with E-state index < -0.39 is 4.92 Å². The van der Waals surface area contributed by atoms with Gasteiger partial charge in [-0.1, -0.05) is 6.07 Å². The van der Waals surface area contributed by atoms with E-state index in [-0.39, 0.29) is 18.0 Å². The molecule has 1 aliphatic heterocycles. The molecule has 1 amide bonds. The summed E-state index contributed by atoms with van der Waals surface area (Å²) in [5.41, 5.74) is 2.35. The fourth-order valence-corrected chi connectivity index (χ4v) is 2.87. The first-order chi connectivity index (χ1) is 13.0. The zero-order valence-electron chi connectivity index (χ0n) is 15.0. The Bertz CT molecular complexity index is 893. The summed E-state index contributed by atoms with van der Waals surface area (Å²) in [4.78, 5) is 22.8. The second-order valence-electron chi connectivity index (χ2n) is 5.98. The van der Waals surface area contributed by atoms with Gasteiger partial charge in [-0.25, -0.2) is 5.01 Å². The number of ether oxygens (including phenoxy) is 2. The van der Waals surface area contributed by atoms with Crippen LogP contribution < -0.4 is 9.47 Å². The zero-order valence-corrected chi connectivity index (χ0v) is 15.0. The van der Waals surface area contributed by atoms with Gasteiger partial charge in [-0.15, -0.1) is 0 Å². The van der Waals surface area contributed by atoms with Gasteiger partial charge in [-0.2, -0.15) is 5.10 Å². The molecule has 1 aliphatic rings. The molecule has 3 rings (SSSR count). The third-order valence-electron chi connectivity index (χ3n) is 4.30. The van der Waals surface area contributed by atoms with Crippen molar-refractivity contribution < 1.29 is 19.2 Å². The molecule has 0 fully saturated rings. The van der Waals surface area contributed by atoms with E-state index in [9.17, 15) is 14.9 Å². The van der Waals surface area contributed by atoms with Crippen LogP contribution in [0.25, 0.3) is 0 Å². The first kappa shape index (κ1) is 18.4. The maximum Gasteiger partial charge on any atom is 0.269 e. The predicted octanol–water partition coefficient (Wildman–Crippen LogP) is 2.79. The summed E-state index contributed by atoms with van der Waals surface area (Å²) < 4.78 is 10.5. The first-order valence-corrected chi connectivity index (χ1v) is 8.35. The summed E-state index contributed by atoms with van der Waals surface area (Å²) in [5, 5.41) is 16.6. The fraction of sp³-hybridized carbons (Fsp3) is 0.263. The van der Waals surface area contributed by atoms with Crippen LogP contribution in [-0.2, 0) is 11.2 Å². The quantitative estimate of drug-likeness (QED) is 0.576. The number of hydrogen-bond acceptors (Lipinski definition) is 6. The Kier molecular flexibility index (Phi) is 5.35. The molecular formula is C19H19N3O5. The van der Waals surface area contributed by atoms with Crippen molar-refractivity contribution in [3.63, 3.8) is 0 Å². The van der Waals surface area contributed by atoms with Gasteiger partial charge in [0.1, 0.15) is 0 Å². The standard InChI is InChI=1S/C19H19N3O5/c1-26-17-8-3-13(11-18(17)27-2)12-19(23)21-10-9-16(20-21)14-4-6-15(7-5-14)22(24)25/h3-8,11H,9-10,12H2,1-2H3. The Balaban J connectivity index is 1.70. The molecule has 0 atom stereocenters. The highest BCUT2D eigenvalue weighted by atomic mass is 16.6. The van der Waals surface area contributed by atoms with E-state index in [0.717, 1.165) is 16.8 Å². The topological polar surface area (TPSA) is 94.3 Å². The number of non-ortho nitro benzene ring substituents is 1. The van der Waals surface area contributed by atoms with Gasteiger partial charge in [-0.05, 0) is 35.4 Å². The lowest BCUT2D eigenvalue weighted by molar-refractivity contribution is -0.384. The second-order valence-corrected chi connectivity index (χ2v) is 5.98. The number of nitro benzene ring substituents is 1. The maximum atomic E-state index is 12.5. The van der Waals surface area contributed by atoms with Crippen LogP contribution in [0.4, 0.5) is 5.69 Å². The SMILES string of the molecule is COc1ccc(CC(=O)N2CCC(c3ccc([N+](=O)[O-])cc3)=N2)cc1OC. The van der Waals surface area contributed by atoms with Crippen molar-refractivity contribution in [2.24, 2.45) is 5.10 Å². The molecule has 8 nitrogen and oxygen atoms in total. The Morgan fingerprint density at radius 2 is 1.85 bits per heavy atom. The lowest BCUT2D eigenvalue weighted by Crippen LogP contribution is -2.25. The van der Waals surface area contributed by atoms with E-state index in [1.165, 1.54) is 17.1 Å². The summed E-state index contributed by atoms with van der Waals surface area (Å²) in [6.07, 6.45) is 0.798. The number of amides is 1. The van der Waals surface area contributed by atoms with Crippen molar-refractivity contribution >= 4 is 17.3 Å². The molecule has 0 bridgehead atoms.